The molecular weight excluding hydrogens is 218 g/mol. The van der Waals surface area contributed by atoms with Crippen LogP contribution in [-0.2, 0) is 6.54 Å². The van der Waals surface area contributed by atoms with Gasteiger partial charge in [0.15, 0.2) is 0 Å². The topological polar surface area (TPSA) is 50.9 Å². The highest BCUT2D eigenvalue weighted by Crippen LogP contribution is 2.22. The summed E-state index contributed by atoms with van der Waals surface area (Å²) in [5.74, 6) is 0.820. The summed E-state index contributed by atoms with van der Waals surface area (Å²) in [7, 11) is 0. The molecule has 0 unspecified atom stereocenters. The summed E-state index contributed by atoms with van der Waals surface area (Å²) >= 11 is 1.78. The van der Waals surface area contributed by atoms with Crippen molar-refractivity contribution in [2.75, 3.05) is 6.54 Å². The van der Waals surface area contributed by atoms with Gasteiger partial charge in [0.25, 0.3) is 0 Å². The zero-order valence-electron chi connectivity index (χ0n) is 9.91. The molecule has 1 aliphatic carbocycles. The molecule has 0 atom stereocenters. The summed E-state index contributed by atoms with van der Waals surface area (Å²) in [6.45, 7) is 4.14. The van der Waals surface area contributed by atoms with Gasteiger partial charge >= 0.3 is 0 Å². The Kier molecular flexibility index (Phi) is 4.32. The predicted molar refractivity (Wildman–Crippen MR) is 68.5 cm³/mol. The van der Waals surface area contributed by atoms with Crippen LogP contribution in [0, 0.1) is 12.8 Å². The van der Waals surface area contributed by atoms with Gasteiger partial charge in [-0.3, -0.25) is 0 Å². The van der Waals surface area contributed by atoms with Crippen molar-refractivity contribution in [1.82, 2.24) is 10.3 Å². The average molecular weight is 239 g/mol. The maximum Gasteiger partial charge on any atom is 0.107 e. The Morgan fingerprint density at radius 1 is 1.44 bits per heavy atom. The molecule has 4 heteroatoms. The minimum absolute atomic E-state index is 0.456. The number of nitrogens with zero attached hydrogens (tertiary/aromatic N) is 1. The van der Waals surface area contributed by atoms with Crippen molar-refractivity contribution in [2.24, 2.45) is 11.7 Å². The lowest BCUT2D eigenvalue weighted by Crippen LogP contribution is -2.31. The van der Waals surface area contributed by atoms with E-state index in [-0.39, 0.29) is 0 Å². The van der Waals surface area contributed by atoms with Crippen molar-refractivity contribution in [2.45, 2.75) is 45.2 Å². The monoisotopic (exact) mass is 239 g/mol. The van der Waals surface area contributed by atoms with E-state index in [9.17, 15) is 0 Å². The van der Waals surface area contributed by atoms with E-state index < -0.39 is 0 Å². The van der Waals surface area contributed by atoms with Crippen LogP contribution in [0.5, 0.6) is 0 Å². The second-order valence-corrected chi connectivity index (χ2v) is 6.10. The van der Waals surface area contributed by atoms with E-state index in [1.54, 1.807) is 11.3 Å². The number of aromatic nitrogens is 1. The summed E-state index contributed by atoms with van der Waals surface area (Å²) in [6, 6.07) is 0.456. The van der Waals surface area contributed by atoms with Crippen LogP contribution in [0.4, 0.5) is 0 Å². The van der Waals surface area contributed by atoms with Crippen molar-refractivity contribution >= 4 is 11.3 Å². The summed E-state index contributed by atoms with van der Waals surface area (Å²) in [5.41, 5.74) is 5.89. The Morgan fingerprint density at radius 2 is 2.19 bits per heavy atom. The lowest BCUT2D eigenvalue weighted by atomic mass is 9.86. The fourth-order valence-corrected chi connectivity index (χ4v) is 3.02. The molecule has 0 aliphatic heterocycles. The summed E-state index contributed by atoms with van der Waals surface area (Å²) in [4.78, 5) is 5.64. The molecule has 1 aromatic rings. The van der Waals surface area contributed by atoms with Gasteiger partial charge in [0.2, 0.25) is 0 Å². The van der Waals surface area contributed by atoms with Crippen LogP contribution in [0.2, 0.25) is 0 Å². The zero-order valence-corrected chi connectivity index (χ0v) is 10.7. The van der Waals surface area contributed by atoms with Crippen LogP contribution in [0.1, 0.15) is 35.6 Å². The van der Waals surface area contributed by atoms with Crippen molar-refractivity contribution in [3.8, 4) is 0 Å². The average Bonchev–Trinajstić information content (AvgIpc) is 2.67. The molecule has 3 N–H and O–H groups in total. The van der Waals surface area contributed by atoms with Gasteiger partial charge in [0.1, 0.15) is 5.01 Å². The molecule has 2 rings (SSSR count). The van der Waals surface area contributed by atoms with Gasteiger partial charge in [-0.2, -0.15) is 0 Å². The Labute approximate surface area is 101 Å². The number of nitrogens with one attached hydrogen (secondary N) is 1. The van der Waals surface area contributed by atoms with E-state index >= 15 is 0 Å². The van der Waals surface area contributed by atoms with Crippen molar-refractivity contribution in [3.63, 3.8) is 0 Å². The molecule has 0 amide bonds. The number of hydrogen-bond acceptors (Lipinski definition) is 4. The number of rotatable bonds is 4. The lowest BCUT2D eigenvalue weighted by Gasteiger charge is -2.26. The van der Waals surface area contributed by atoms with Gasteiger partial charge in [-0.25, -0.2) is 4.98 Å². The van der Waals surface area contributed by atoms with E-state index in [0.29, 0.717) is 6.04 Å². The van der Waals surface area contributed by atoms with E-state index in [2.05, 4.69) is 17.2 Å². The molecule has 16 heavy (non-hydrogen) atoms. The molecule has 1 fully saturated rings. The second-order valence-electron chi connectivity index (χ2n) is 4.78. The Bertz CT molecular complexity index is 316. The Balaban J connectivity index is 1.64. The third-order valence-electron chi connectivity index (χ3n) is 3.27. The van der Waals surface area contributed by atoms with Crippen LogP contribution in [-0.4, -0.2) is 17.6 Å². The van der Waals surface area contributed by atoms with E-state index in [0.717, 1.165) is 19.0 Å². The number of aryl methyl sites for hydroxylation is 1. The maximum absolute atomic E-state index is 5.89. The molecule has 90 valence electrons. The summed E-state index contributed by atoms with van der Waals surface area (Å²) in [5, 5.41) is 4.71. The van der Waals surface area contributed by atoms with E-state index in [4.69, 9.17) is 5.73 Å². The Hall–Kier alpha value is -0.450. The SMILES string of the molecule is Cc1cnc(CNCC2CCC(N)CC2)s1. The van der Waals surface area contributed by atoms with Crippen LogP contribution < -0.4 is 11.1 Å². The maximum atomic E-state index is 5.89. The van der Waals surface area contributed by atoms with Gasteiger partial charge in [0, 0.05) is 23.7 Å². The third-order valence-corrected chi connectivity index (χ3v) is 4.18. The van der Waals surface area contributed by atoms with Crippen molar-refractivity contribution in [1.29, 1.82) is 0 Å². The van der Waals surface area contributed by atoms with Gasteiger partial charge in [0.05, 0.1) is 0 Å². The van der Waals surface area contributed by atoms with Gasteiger partial charge in [-0.05, 0) is 45.1 Å². The zero-order chi connectivity index (χ0) is 11.4. The fraction of sp³-hybridized carbons (Fsp3) is 0.750. The quantitative estimate of drug-likeness (QED) is 0.845. The van der Waals surface area contributed by atoms with Gasteiger partial charge in [-0.1, -0.05) is 0 Å². The van der Waals surface area contributed by atoms with Crippen LogP contribution >= 0.6 is 11.3 Å². The van der Waals surface area contributed by atoms with Crippen LogP contribution in [0.15, 0.2) is 6.20 Å². The van der Waals surface area contributed by atoms with Gasteiger partial charge < -0.3 is 11.1 Å². The molecule has 0 saturated heterocycles. The smallest absolute Gasteiger partial charge is 0.107 e. The molecule has 1 aromatic heterocycles. The van der Waals surface area contributed by atoms with Crippen molar-refractivity contribution < 1.29 is 0 Å². The van der Waals surface area contributed by atoms with Crippen molar-refractivity contribution in [3.05, 3.63) is 16.1 Å². The normalized spacial score (nSPS) is 25.9. The highest BCUT2D eigenvalue weighted by atomic mass is 32.1. The largest absolute Gasteiger partial charge is 0.328 e. The number of thiazole rings is 1. The fourth-order valence-electron chi connectivity index (χ4n) is 2.26. The highest BCUT2D eigenvalue weighted by Gasteiger charge is 2.17. The molecule has 0 radical (unpaired) electrons. The predicted octanol–water partition coefficient (Wildman–Crippen LogP) is 2.06. The first-order valence-corrected chi connectivity index (χ1v) is 6.93. The molecule has 0 spiro atoms. The molecular formula is C12H21N3S. The third kappa shape index (κ3) is 3.54. The first-order valence-electron chi connectivity index (χ1n) is 6.11. The minimum Gasteiger partial charge on any atom is -0.328 e. The standard InChI is InChI=1S/C12H21N3S/c1-9-6-15-12(16-9)8-14-7-10-2-4-11(13)5-3-10/h6,10-11,14H,2-5,7-8,13H2,1H3. The van der Waals surface area contributed by atoms with Crippen LogP contribution in [0.3, 0.4) is 0 Å². The Morgan fingerprint density at radius 3 is 2.81 bits per heavy atom. The molecule has 0 bridgehead atoms. The number of nitrogens with two attached hydrogens (primary N) is 1. The summed E-state index contributed by atoms with van der Waals surface area (Å²) in [6.07, 6.45) is 6.91. The lowest BCUT2D eigenvalue weighted by molar-refractivity contribution is 0.314. The molecule has 1 saturated carbocycles. The highest BCUT2D eigenvalue weighted by molar-refractivity contribution is 7.11. The summed E-state index contributed by atoms with van der Waals surface area (Å²) < 4.78 is 0. The molecule has 3 nitrogen and oxygen atoms in total. The molecule has 0 aromatic carbocycles. The first kappa shape index (κ1) is 12.0. The second kappa shape index (κ2) is 5.75. The van der Waals surface area contributed by atoms with Gasteiger partial charge in [-0.15, -0.1) is 11.3 Å². The molecule has 1 aliphatic rings. The number of hydrogen-bond donors (Lipinski definition) is 2. The van der Waals surface area contributed by atoms with E-state index in [1.165, 1.54) is 35.6 Å². The minimum atomic E-state index is 0.456. The van der Waals surface area contributed by atoms with E-state index in [1.807, 2.05) is 6.20 Å². The van der Waals surface area contributed by atoms with Crippen LogP contribution in [0.25, 0.3) is 0 Å². The first-order chi connectivity index (χ1) is 7.74. The molecule has 1 heterocycles.